The van der Waals surface area contributed by atoms with Gasteiger partial charge < -0.3 is 4.57 Å². The number of nitrogens with zero attached hydrogens (tertiary/aromatic N) is 3. The van der Waals surface area contributed by atoms with Crippen LogP contribution in [-0.4, -0.2) is 15.8 Å². The summed E-state index contributed by atoms with van der Waals surface area (Å²) in [6, 6.07) is 21.9. The summed E-state index contributed by atoms with van der Waals surface area (Å²) in [5.41, 5.74) is 7.17. The molecule has 0 saturated carbocycles. The molecule has 5 rings (SSSR count). The second kappa shape index (κ2) is 8.11. The minimum absolute atomic E-state index is 0.634. The van der Waals surface area contributed by atoms with Gasteiger partial charge in [0, 0.05) is 39.3 Å². The summed E-state index contributed by atoms with van der Waals surface area (Å²) < 4.78 is 3.30. The molecule has 0 saturated heterocycles. The van der Waals surface area contributed by atoms with Gasteiger partial charge in [0.2, 0.25) is 5.13 Å². The summed E-state index contributed by atoms with van der Waals surface area (Å²) in [7, 11) is 0. The monoisotopic (exact) mass is 450 g/mol. The van der Waals surface area contributed by atoms with Crippen LogP contribution in [0.1, 0.15) is 11.1 Å². The van der Waals surface area contributed by atoms with Crippen molar-refractivity contribution < 1.29 is 0 Å². The molecule has 0 spiro atoms. The first-order valence-electron chi connectivity index (χ1n) is 9.34. The Balaban J connectivity index is 1.43. The number of halogens is 2. The van der Waals surface area contributed by atoms with Crippen LogP contribution in [0, 0.1) is 0 Å². The van der Waals surface area contributed by atoms with Gasteiger partial charge in [-0.15, -0.1) is 0 Å². The molecule has 0 atom stereocenters. The summed E-state index contributed by atoms with van der Waals surface area (Å²) in [5, 5.41) is 7.61. The third-order valence-electron chi connectivity index (χ3n) is 4.83. The molecule has 2 heterocycles. The Bertz CT molecular complexity index is 1350. The predicted octanol–water partition coefficient (Wildman–Crippen LogP) is 7.05. The number of hydrazone groups is 1. The highest BCUT2D eigenvalue weighted by molar-refractivity contribution is 7.22. The molecule has 1 N–H and O–H groups in total. The summed E-state index contributed by atoms with van der Waals surface area (Å²) in [4.78, 5) is 4.55. The second-order valence-corrected chi connectivity index (χ2v) is 8.70. The predicted molar refractivity (Wildman–Crippen MR) is 128 cm³/mol. The third-order valence-corrected chi connectivity index (χ3v) is 6.36. The first-order chi connectivity index (χ1) is 14.7. The van der Waals surface area contributed by atoms with Crippen LogP contribution in [0.2, 0.25) is 10.0 Å². The first-order valence-corrected chi connectivity index (χ1v) is 10.9. The lowest BCUT2D eigenvalue weighted by atomic mass is 10.2. The maximum Gasteiger partial charge on any atom is 0.204 e. The second-order valence-electron chi connectivity index (χ2n) is 6.82. The lowest BCUT2D eigenvalue weighted by Gasteiger charge is -2.08. The fourth-order valence-corrected chi connectivity index (χ4v) is 4.70. The number of para-hydroxylation sites is 2. The van der Waals surface area contributed by atoms with Gasteiger partial charge in [-0.05, 0) is 35.9 Å². The zero-order chi connectivity index (χ0) is 20.5. The summed E-state index contributed by atoms with van der Waals surface area (Å²) in [6.07, 6.45) is 3.91. The summed E-state index contributed by atoms with van der Waals surface area (Å²) in [6.45, 7) is 0.648. The Hall–Kier alpha value is -2.86. The molecular weight excluding hydrogens is 435 g/mol. The molecule has 0 fully saturated rings. The van der Waals surface area contributed by atoms with Crippen LogP contribution in [0.15, 0.2) is 78.0 Å². The average molecular weight is 451 g/mol. The van der Waals surface area contributed by atoms with Crippen LogP contribution < -0.4 is 5.43 Å². The molecule has 3 aromatic carbocycles. The van der Waals surface area contributed by atoms with E-state index in [4.69, 9.17) is 23.2 Å². The zero-order valence-corrected chi connectivity index (χ0v) is 18.0. The highest BCUT2D eigenvalue weighted by Gasteiger charge is 2.09. The number of aromatic nitrogens is 2. The number of benzene rings is 3. The zero-order valence-electron chi connectivity index (χ0n) is 15.7. The largest absolute Gasteiger partial charge is 0.342 e. The van der Waals surface area contributed by atoms with Gasteiger partial charge in [0.1, 0.15) is 0 Å². The van der Waals surface area contributed by atoms with Crippen molar-refractivity contribution in [1.82, 2.24) is 9.55 Å². The molecule has 30 heavy (non-hydrogen) atoms. The fraction of sp³-hybridized carbons (Fsp3) is 0.0435. The van der Waals surface area contributed by atoms with E-state index in [1.165, 1.54) is 0 Å². The Morgan fingerprint density at radius 2 is 1.87 bits per heavy atom. The van der Waals surface area contributed by atoms with E-state index < -0.39 is 0 Å². The van der Waals surface area contributed by atoms with Gasteiger partial charge in [-0.3, -0.25) is 5.43 Å². The average Bonchev–Trinajstić information content (AvgIpc) is 3.31. The van der Waals surface area contributed by atoms with E-state index >= 15 is 0 Å². The van der Waals surface area contributed by atoms with Crippen LogP contribution >= 0.6 is 34.5 Å². The molecule has 7 heteroatoms. The quantitative estimate of drug-likeness (QED) is 0.230. The first kappa shape index (κ1) is 19.1. The maximum absolute atomic E-state index is 6.38. The molecule has 0 aliphatic rings. The molecule has 2 aromatic heterocycles. The third kappa shape index (κ3) is 3.79. The van der Waals surface area contributed by atoms with E-state index in [1.807, 2.05) is 48.7 Å². The van der Waals surface area contributed by atoms with E-state index in [-0.39, 0.29) is 0 Å². The van der Waals surface area contributed by atoms with Gasteiger partial charge in [-0.25, -0.2) is 4.98 Å². The van der Waals surface area contributed by atoms with Gasteiger partial charge in [-0.1, -0.05) is 70.9 Å². The van der Waals surface area contributed by atoms with Crippen LogP contribution in [-0.2, 0) is 6.54 Å². The Labute approximate surface area is 187 Å². The molecule has 148 valence electrons. The normalized spacial score (nSPS) is 11.7. The Morgan fingerprint density at radius 3 is 2.73 bits per heavy atom. The molecule has 0 aliphatic carbocycles. The molecule has 0 unspecified atom stereocenters. The van der Waals surface area contributed by atoms with E-state index in [1.54, 1.807) is 17.4 Å². The minimum Gasteiger partial charge on any atom is -0.342 e. The van der Waals surface area contributed by atoms with Crippen molar-refractivity contribution >= 4 is 67.0 Å². The van der Waals surface area contributed by atoms with Gasteiger partial charge in [-0.2, -0.15) is 5.10 Å². The number of nitrogens with one attached hydrogen (secondary N) is 1. The lowest BCUT2D eigenvalue weighted by molar-refractivity contribution is 0.836. The van der Waals surface area contributed by atoms with Crippen LogP contribution in [0.3, 0.4) is 0 Å². The number of hydrogen-bond donors (Lipinski definition) is 1. The van der Waals surface area contributed by atoms with Crippen molar-refractivity contribution in [2.45, 2.75) is 6.54 Å². The van der Waals surface area contributed by atoms with Crippen molar-refractivity contribution in [2.75, 3.05) is 5.43 Å². The summed E-state index contributed by atoms with van der Waals surface area (Å²) in [5.74, 6) is 0. The van der Waals surface area contributed by atoms with Crippen molar-refractivity contribution in [1.29, 1.82) is 0 Å². The molecule has 0 radical (unpaired) electrons. The van der Waals surface area contributed by atoms with E-state index in [2.05, 4.69) is 44.5 Å². The fourth-order valence-electron chi connectivity index (χ4n) is 3.42. The molecular formula is C23H16Cl2N4S. The molecule has 0 aliphatic heterocycles. The standard InChI is InChI=1S/C23H16Cl2N4S/c24-17-10-9-15(19(25)11-17)13-29-14-16(18-5-1-3-7-21(18)29)12-26-28-23-27-20-6-2-4-8-22(20)30-23/h1-12,14H,13H2,(H,27,28). The topological polar surface area (TPSA) is 42.2 Å². The smallest absolute Gasteiger partial charge is 0.204 e. The van der Waals surface area contributed by atoms with Crippen molar-refractivity contribution in [3.63, 3.8) is 0 Å². The van der Waals surface area contributed by atoms with E-state index in [0.29, 0.717) is 16.6 Å². The van der Waals surface area contributed by atoms with Crippen LogP contribution in [0.4, 0.5) is 5.13 Å². The van der Waals surface area contributed by atoms with Crippen molar-refractivity contribution in [3.8, 4) is 0 Å². The molecule has 0 amide bonds. The lowest BCUT2D eigenvalue weighted by Crippen LogP contribution is -1.98. The SMILES string of the molecule is Clc1ccc(Cn2cc(C=NNc3nc4ccccc4s3)c3ccccc32)c(Cl)c1. The number of anilines is 1. The molecule has 5 aromatic rings. The number of fused-ring (bicyclic) bond motifs is 2. The van der Waals surface area contributed by atoms with Crippen molar-refractivity contribution in [3.05, 3.63) is 94.1 Å². The van der Waals surface area contributed by atoms with Gasteiger partial charge in [0.05, 0.1) is 16.4 Å². The van der Waals surface area contributed by atoms with Crippen LogP contribution in [0.25, 0.3) is 21.1 Å². The van der Waals surface area contributed by atoms with E-state index in [0.717, 1.165) is 37.4 Å². The number of rotatable bonds is 5. The number of thiazole rings is 1. The Morgan fingerprint density at radius 1 is 1.03 bits per heavy atom. The summed E-state index contributed by atoms with van der Waals surface area (Å²) >= 11 is 14.0. The minimum atomic E-state index is 0.634. The van der Waals surface area contributed by atoms with Gasteiger partial charge >= 0.3 is 0 Å². The highest BCUT2D eigenvalue weighted by Crippen LogP contribution is 2.27. The van der Waals surface area contributed by atoms with Gasteiger partial charge in [0.25, 0.3) is 0 Å². The van der Waals surface area contributed by atoms with Gasteiger partial charge in [0.15, 0.2) is 0 Å². The highest BCUT2D eigenvalue weighted by atomic mass is 35.5. The van der Waals surface area contributed by atoms with Crippen molar-refractivity contribution in [2.24, 2.45) is 5.10 Å². The van der Waals surface area contributed by atoms with Crippen LogP contribution in [0.5, 0.6) is 0 Å². The number of hydrogen-bond acceptors (Lipinski definition) is 4. The van der Waals surface area contributed by atoms with E-state index in [9.17, 15) is 0 Å². The molecule has 4 nitrogen and oxygen atoms in total. The molecule has 0 bridgehead atoms. The maximum atomic E-state index is 6.38. The Kier molecular flexibility index (Phi) is 5.17.